The van der Waals surface area contributed by atoms with Crippen LogP contribution < -0.4 is 6.15 Å². The van der Waals surface area contributed by atoms with Gasteiger partial charge < -0.3 is 21.5 Å². The van der Waals surface area contributed by atoms with Gasteiger partial charge in [-0.3, -0.25) is 14.4 Å². The standard InChI is InChI=1S/3C2H4O2.H3N.Na/c3*1-2(3)4;;/h3*1H3,(H,3,4);1H3;. The third-order valence-electron chi connectivity index (χ3n) is 0. The van der Waals surface area contributed by atoms with Crippen LogP contribution in [0, 0.1) is 0 Å². The summed E-state index contributed by atoms with van der Waals surface area (Å²) in [6.45, 7) is 3.25. The fraction of sp³-hybridized carbons (Fsp3) is 0.500. The van der Waals surface area contributed by atoms with Gasteiger partial charge in [0, 0.05) is 50.3 Å². The number of hydrogen-bond acceptors (Lipinski definition) is 4. The molecule has 0 spiro atoms. The first kappa shape index (κ1) is 29.2. The molecule has 0 unspecified atom stereocenters. The zero-order valence-electron chi connectivity index (χ0n) is 8.77. The molecule has 8 heteroatoms. The number of carbonyl (C=O) groups is 3. The van der Waals surface area contributed by atoms with E-state index in [1.54, 1.807) is 0 Å². The van der Waals surface area contributed by atoms with Gasteiger partial charge in [-0.2, -0.15) is 0 Å². The van der Waals surface area contributed by atoms with E-state index in [4.69, 9.17) is 29.7 Å². The molecule has 0 rings (SSSR count). The minimum atomic E-state index is -0.833. The van der Waals surface area contributed by atoms with Crippen molar-refractivity contribution in [1.29, 1.82) is 0 Å². The zero-order valence-corrected chi connectivity index (χ0v) is 10.8. The second-order valence-electron chi connectivity index (χ2n) is 1.56. The van der Waals surface area contributed by atoms with E-state index in [1.807, 2.05) is 0 Å². The monoisotopic (exact) mass is 220 g/mol. The number of hydrogen-bond donors (Lipinski definition) is 4. The van der Waals surface area contributed by atoms with Crippen molar-refractivity contribution >= 4 is 47.5 Å². The van der Waals surface area contributed by atoms with Crippen molar-refractivity contribution in [1.82, 2.24) is 6.15 Å². The molecule has 0 saturated carbocycles. The molecule has 6 N–H and O–H groups in total. The Morgan fingerprint density at radius 3 is 0.714 bits per heavy atom. The Kier molecular flexibility index (Phi) is 47.6. The number of rotatable bonds is 0. The van der Waals surface area contributed by atoms with Crippen molar-refractivity contribution in [2.24, 2.45) is 0 Å². The van der Waals surface area contributed by atoms with E-state index in [2.05, 4.69) is 0 Å². The Morgan fingerprint density at radius 2 is 0.714 bits per heavy atom. The van der Waals surface area contributed by atoms with Crippen LogP contribution in [0.3, 0.4) is 0 Å². The Morgan fingerprint density at radius 1 is 0.714 bits per heavy atom. The molecule has 0 atom stereocenters. The second kappa shape index (κ2) is 22.8. The molecule has 0 bridgehead atoms. The average molecular weight is 220 g/mol. The summed E-state index contributed by atoms with van der Waals surface area (Å²) in [6, 6.07) is 0. The van der Waals surface area contributed by atoms with Crippen molar-refractivity contribution in [2.75, 3.05) is 0 Å². The van der Waals surface area contributed by atoms with Crippen LogP contribution in [0.1, 0.15) is 20.8 Å². The molecule has 0 aliphatic rings. The summed E-state index contributed by atoms with van der Waals surface area (Å²) in [4.78, 5) is 27.0. The van der Waals surface area contributed by atoms with Crippen LogP contribution in [0.4, 0.5) is 0 Å². The molecule has 7 nitrogen and oxygen atoms in total. The molecule has 0 aliphatic heterocycles. The van der Waals surface area contributed by atoms with Crippen molar-refractivity contribution in [3.63, 3.8) is 0 Å². The summed E-state index contributed by atoms with van der Waals surface area (Å²) in [5.74, 6) is -2.50. The minimum absolute atomic E-state index is 0. The maximum absolute atomic E-state index is 9.00. The Bertz CT molecular complexity index is 120. The Hall–Kier alpha value is -0.630. The largest absolute Gasteiger partial charge is 0.481 e. The molecular formula is C6H15NNaO6. The molecule has 0 saturated heterocycles. The van der Waals surface area contributed by atoms with Crippen molar-refractivity contribution in [2.45, 2.75) is 20.8 Å². The van der Waals surface area contributed by atoms with Crippen LogP contribution in [-0.4, -0.2) is 62.8 Å². The van der Waals surface area contributed by atoms with E-state index >= 15 is 0 Å². The fourth-order valence-electron chi connectivity index (χ4n) is 0. The van der Waals surface area contributed by atoms with Gasteiger partial charge in [0.25, 0.3) is 17.9 Å². The molecule has 0 fully saturated rings. The first-order valence-electron chi connectivity index (χ1n) is 2.78. The minimum Gasteiger partial charge on any atom is -0.481 e. The van der Waals surface area contributed by atoms with Crippen molar-refractivity contribution < 1.29 is 29.7 Å². The maximum atomic E-state index is 9.00. The molecule has 0 aromatic rings. The molecule has 0 heterocycles. The van der Waals surface area contributed by atoms with Gasteiger partial charge in [0.15, 0.2) is 0 Å². The van der Waals surface area contributed by atoms with E-state index in [-0.39, 0.29) is 35.7 Å². The van der Waals surface area contributed by atoms with Crippen LogP contribution in [0.15, 0.2) is 0 Å². The number of carboxylic acid groups (broad SMARTS) is 3. The number of aliphatic carboxylic acids is 3. The zero-order chi connectivity index (χ0) is 10.7. The maximum Gasteiger partial charge on any atom is 0.300 e. The van der Waals surface area contributed by atoms with E-state index in [9.17, 15) is 0 Å². The number of carboxylic acids is 3. The molecule has 14 heavy (non-hydrogen) atoms. The van der Waals surface area contributed by atoms with Crippen LogP contribution in [0.5, 0.6) is 0 Å². The summed E-state index contributed by atoms with van der Waals surface area (Å²) in [6.07, 6.45) is 0. The molecule has 0 aliphatic carbocycles. The third-order valence-corrected chi connectivity index (χ3v) is 0. The SMILES string of the molecule is CC(=O)O.CC(=O)O.CC(=O)O.N.[Na]. The fourth-order valence-corrected chi connectivity index (χ4v) is 0. The summed E-state index contributed by atoms with van der Waals surface area (Å²) in [7, 11) is 0. The molecule has 0 amide bonds. The van der Waals surface area contributed by atoms with Crippen LogP contribution in [0.25, 0.3) is 0 Å². The normalized spacial score (nSPS) is 5.36. The van der Waals surface area contributed by atoms with Gasteiger partial charge in [-0.1, -0.05) is 0 Å². The van der Waals surface area contributed by atoms with E-state index in [0.29, 0.717) is 0 Å². The van der Waals surface area contributed by atoms with E-state index < -0.39 is 17.9 Å². The van der Waals surface area contributed by atoms with Crippen LogP contribution >= 0.6 is 0 Å². The predicted octanol–water partition coefficient (Wildman–Crippen LogP) is 0.0539. The van der Waals surface area contributed by atoms with Gasteiger partial charge in [0.1, 0.15) is 0 Å². The van der Waals surface area contributed by atoms with Crippen LogP contribution in [-0.2, 0) is 14.4 Å². The summed E-state index contributed by atoms with van der Waals surface area (Å²) in [5, 5.41) is 22.2. The Balaban J connectivity index is -0.0000000270. The van der Waals surface area contributed by atoms with E-state index in [1.165, 1.54) is 0 Å². The van der Waals surface area contributed by atoms with Gasteiger partial charge in [0.2, 0.25) is 0 Å². The predicted molar refractivity (Wildman–Crippen MR) is 50.7 cm³/mol. The quantitative estimate of drug-likeness (QED) is 0.421. The smallest absolute Gasteiger partial charge is 0.300 e. The van der Waals surface area contributed by atoms with E-state index in [0.717, 1.165) is 20.8 Å². The van der Waals surface area contributed by atoms with Gasteiger partial charge in [-0.25, -0.2) is 0 Å². The van der Waals surface area contributed by atoms with Crippen molar-refractivity contribution in [3.05, 3.63) is 0 Å². The topological polar surface area (TPSA) is 147 Å². The molecular weight excluding hydrogens is 205 g/mol. The molecule has 0 aromatic heterocycles. The first-order chi connectivity index (χ1) is 5.20. The third kappa shape index (κ3) is 3080. The van der Waals surface area contributed by atoms with Gasteiger partial charge in [0.05, 0.1) is 0 Å². The van der Waals surface area contributed by atoms with Gasteiger partial charge in [-0.15, -0.1) is 0 Å². The molecule has 1 radical (unpaired) electrons. The molecule has 81 valence electrons. The van der Waals surface area contributed by atoms with Crippen molar-refractivity contribution in [3.8, 4) is 0 Å². The van der Waals surface area contributed by atoms with Gasteiger partial charge >= 0.3 is 0 Å². The average Bonchev–Trinajstić information content (AvgIpc) is 1.54. The summed E-state index contributed by atoms with van der Waals surface area (Å²) < 4.78 is 0. The summed E-state index contributed by atoms with van der Waals surface area (Å²) in [5.41, 5.74) is 0. The second-order valence-corrected chi connectivity index (χ2v) is 1.56. The van der Waals surface area contributed by atoms with Gasteiger partial charge in [-0.05, 0) is 0 Å². The first-order valence-corrected chi connectivity index (χ1v) is 2.78. The van der Waals surface area contributed by atoms with Crippen LogP contribution in [0.2, 0.25) is 0 Å². The Labute approximate surface area is 104 Å². The molecule has 0 aromatic carbocycles. The summed E-state index contributed by atoms with van der Waals surface area (Å²) >= 11 is 0.